The van der Waals surface area contributed by atoms with E-state index in [4.69, 9.17) is 0 Å². The third kappa shape index (κ3) is 3.37. The van der Waals surface area contributed by atoms with E-state index in [2.05, 4.69) is 15.4 Å². The van der Waals surface area contributed by atoms with E-state index in [-0.39, 0.29) is 17.0 Å². The van der Waals surface area contributed by atoms with Gasteiger partial charge >= 0.3 is 0 Å². The van der Waals surface area contributed by atoms with E-state index in [1.54, 1.807) is 31.5 Å². The molecule has 0 radical (unpaired) electrons. The second-order valence-corrected chi connectivity index (χ2v) is 5.65. The fraction of sp³-hybridized carbons (Fsp3) is 0.158. The van der Waals surface area contributed by atoms with Crippen LogP contribution in [0.15, 0.2) is 53.6 Å². The molecule has 0 bridgehead atoms. The Morgan fingerprint density at radius 3 is 2.54 bits per heavy atom. The van der Waals surface area contributed by atoms with Gasteiger partial charge in [0, 0.05) is 18.3 Å². The summed E-state index contributed by atoms with van der Waals surface area (Å²) in [6.45, 7) is 3.48. The van der Waals surface area contributed by atoms with E-state index >= 15 is 0 Å². The molecule has 26 heavy (non-hydrogen) atoms. The first-order chi connectivity index (χ1) is 12.5. The number of ketones is 1. The quantitative estimate of drug-likeness (QED) is 0.712. The summed E-state index contributed by atoms with van der Waals surface area (Å²) >= 11 is 0. The van der Waals surface area contributed by atoms with E-state index in [1.807, 2.05) is 0 Å². The molecule has 132 valence electrons. The van der Waals surface area contributed by atoms with Gasteiger partial charge in [0.2, 0.25) is 0 Å². The van der Waals surface area contributed by atoms with Crippen molar-refractivity contribution in [2.45, 2.75) is 20.4 Å². The lowest BCUT2D eigenvalue weighted by Crippen LogP contribution is -2.28. The summed E-state index contributed by atoms with van der Waals surface area (Å²) in [5.41, 5.74) is 1.33. The van der Waals surface area contributed by atoms with Crippen molar-refractivity contribution >= 4 is 17.2 Å². The Morgan fingerprint density at radius 1 is 1.23 bits per heavy atom. The molecule has 1 N–H and O–H groups in total. The van der Waals surface area contributed by atoms with Crippen molar-refractivity contribution in [2.24, 2.45) is 0 Å². The van der Waals surface area contributed by atoms with Gasteiger partial charge in [-0.25, -0.2) is 9.07 Å². The monoisotopic (exact) mass is 352 g/mol. The molecule has 6 nitrogen and oxygen atoms in total. The van der Waals surface area contributed by atoms with Crippen molar-refractivity contribution in [3.63, 3.8) is 0 Å². The van der Waals surface area contributed by atoms with Gasteiger partial charge in [-0.15, -0.1) is 0 Å². The molecule has 3 rings (SSSR count). The fourth-order valence-electron chi connectivity index (χ4n) is 2.63. The Bertz CT molecular complexity index is 999. The first-order valence-electron chi connectivity index (χ1n) is 8.10. The number of aromatic nitrogens is 3. The summed E-state index contributed by atoms with van der Waals surface area (Å²) in [5, 5.41) is 7.31. The lowest BCUT2D eigenvalue weighted by atomic mass is 10.0. The van der Waals surface area contributed by atoms with E-state index in [9.17, 15) is 14.0 Å². The predicted octanol–water partition coefficient (Wildman–Crippen LogP) is 3.41. The number of nitrogens with zero attached hydrogens (tertiary/aromatic N) is 3. The SMILES string of the molecule is CCn1nc(-c2ccc(F)cc2)c(C(C)=O)c(Nc2cccnc2)c1=O. The van der Waals surface area contributed by atoms with Crippen LogP contribution >= 0.6 is 0 Å². The topological polar surface area (TPSA) is 76.9 Å². The largest absolute Gasteiger partial charge is 0.349 e. The molecule has 0 fully saturated rings. The van der Waals surface area contributed by atoms with E-state index < -0.39 is 11.4 Å². The maximum Gasteiger partial charge on any atom is 0.291 e. The zero-order valence-corrected chi connectivity index (χ0v) is 14.4. The molecule has 2 aromatic heterocycles. The second-order valence-electron chi connectivity index (χ2n) is 5.65. The highest BCUT2D eigenvalue weighted by atomic mass is 19.1. The average molecular weight is 352 g/mol. The van der Waals surface area contributed by atoms with Gasteiger partial charge in [-0.2, -0.15) is 5.10 Å². The molecule has 0 aliphatic rings. The maximum absolute atomic E-state index is 13.3. The van der Waals surface area contributed by atoms with Crippen LogP contribution in [0.1, 0.15) is 24.2 Å². The molecule has 0 unspecified atom stereocenters. The van der Waals surface area contributed by atoms with Crippen molar-refractivity contribution < 1.29 is 9.18 Å². The van der Waals surface area contributed by atoms with Crippen LogP contribution in [0, 0.1) is 5.82 Å². The van der Waals surface area contributed by atoms with Crippen molar-refractivity contribution in [3.05, 3.63) is 70.5 Å². The van der Waals surface area contributed by atoms with Crippen molar-refractivity contribution in [3.8, 4) is 11.3 Å². The molecule has 0 saturated heterocycles. The number of carbonyl (C=O) groups is 1. The number of aryl methyl sites for hydroxylation is 1. The minimum atomic E-state index is -0.410. The summed E-state index contributed by atoms with van der Waals surface area (Å²) in [4.78, 5) is 29.1. The number of rotatable bonds is 5. The Hall–Kier alpha value is -3.35. The van der Waals surface area contributed by atoms with Crippen LogP contribution in [0.2, 0.25) is 0 Å². The predicted molar refractivity (Wildman–Crippen MR) is 97.1 cm³/mol. The number of anilines is 2. The third-order valence-electron chi connectivity index (χ3n) is 3.86. The van der Waals surface area contributed by atoms with Gasteiger partial charge in [-0.3, -0.25) is 14.6 Å². The molecule has 1 aromatic carbocycles. The summed E-state index contributed by atoms with van der Waals surface area (Å²) in [6.07, 6.45) is 3.16. The molecular weight excluding hydrogens is 335 g/mol. The highest BCUT2D eigenvalue weighted by molar-refractivity contribution is 6.05. The lowest BCUT2D eigenvalue weighted by Gasteiger charge is -2.16. The Balaban J connectivity index is 2.27. The Morgan fingerprint density at radius 2 is 1.96 bits per heavy atom. The second kappa shape index (κ2) is 7.26. The van der Waals surface area contributed by atoms with Gasteiger partial charge in [-0.05, 0) is 50.2 Å². The summed E-state index contributed by atoms with van der Waals surface area (Å²) in [7, 11) is 0. The Labute approximate surface area is 149 Å². The highest BCUT2D eigenvalue weighted by Gasteiger charge is 2.22. The van der Waals surface area contributed by atoms with E-state index in [0.717, 1.165) is 0 Å². The Kier molecular flexibility index (Phi) is 4.88. The first kappa shape index (κ1) is 17.5. The zero-order chi connectivity index (χ0) is 18.7. The van der Waals surface area contributed by atoms with E-state index in [0.29, 0.717) is 23.5 Å². The van der Waals surface area contributed by atoms with Gasteiger partial charge in [0.1, 0.15) is 17.2 Å². The minimum Gasteiger partial charge on any atom is -0.349 e. The van der Waals surface area contributed by atoms with Crippen LogP contribution in [0.25, 0.3) is 11.3 Å². The molecule has 2 heterocycles. The van der Waals surface area contributed by atoms with Gasteiger partial charge < -0.3 is 5.32 Å². The lowest BCUT2D eigenvalue weighted by molar-refractivity contribution is 0.101. The van der Waals surface area contributed by atoms with Crippen molar-refractivity contribution in [1.29, 1.82) is 0 Å². The van der Waals surface area contributed by atoms with Gasteiger partial charge in [0.05, 0.1) is 17.4 Å². The molecular formula is C19H17FN4O2. The molecule has 0 spiro atoms. The molecule has 0 amide bonds. The summed E-state index contributed by atoms with van der Waals surface area (Å²) in [5.74, 6) is -0.709. The standard InChI is InChI=1S/C19H17FN4O2/c1-3-24-19(26)18(22-15-5-4-10-21-11-15)16(12(2)25)17(23-24)13-6-8-14(20)9-7-13/h4-11,22H,3H2,1-2H3. The maximum atomic E-state index is 13.3. The van der Waals surface area contributed by atoms with Crippen LogP contribution in [0.3, 0.4) is 0 Å². The smallest absolute Gasteiger partial charge is 0.291 e. The minimum absolute atomic E-state index is 0.127. The molecule has 0 atom stereocenters. The third-order valence-corrected chi connectivity index (χ3v) is 3.86. The van der Waals surface area contributed by atoms with E-state index in [1.165, 1.54) is 35.9 Å². The van der Waals surface area contributed by atoms with Crippen LogP contribution in [-0.2, 0) is 6.54 Å². The number of pyridine rings is 1. The fourth-order valence-corrected chi connectivity index (χ4v) is 2.63. The van der Waals surface area contributed by atoms with Crippen LogP contribution in [0.5, 0.6) is 0 Å². The molecule has 0 aliphatic carbocycles. The molecule has 0 saturated carbocycles. The number of Topliss-reactive ketones (excluding diaryl/α,β-unsaturated/α-hetero) is 1. The highest BCUT2D eigenvalue weighted by Crippen LogP contribution is 2.27. The van der Waals surface area contributed by atoms with Gasteiger partial charge in [0.15, 0.2) is 5.78 Å². The number of hydrogen-bond acceptors (Lipinski definition) is 5. The van der Waals surface area contributed by atoms with Gasteiger partial charge in [-0.1, -0.05) is 0 Å². The summed E-state index contributed by atoms with van der Waals surface area (Å²) < 4.78 is 14.5. The molecule has 7 heteroatoms. The number of carbonyl (C=O) groups excluding carboxylic acids is 1. The van der Waals surface area contributed by atoms with Gasteiger partial charge in [0.25, 0.3) is 5.56 Å². The van der Waals surface area contributed by atoms with Crippen molar-refractivity contribution in [2.75, 3.05) is 5.32 Å². The van der Waals surface area contributed by atoms with Crippen LogP contribution in [-0.4, -0.2) is 20.5 Å². The number of benzene rings is 1. The zero-order valence-electron chi connectivity index (χ0n) is 14.4. The number of hydrogen-bond donors (Lipinski definition) is 1. The van der Waals surface area contributed by atoms with Crippen molar-refractivity contribution in [1.82, 2.24) is 14.8 Å². The number of halogens is 1. The summed E-state index contributed by atoms with van der Waals surface area (Å²) in [6, 6.07) is 9.10. The average Bonchev–Trinajstić information content (AvgIpc) is 2.64. The number of nitrogens with one attached hydrogen (secondary N) is 1. The van der Waals surface area contributed by atoms with Crippen LogP contribution in [0.4, 0.5) is 15.8 Å². The normalized spacial score (nSPS) is 10.6. The first-order valence-corrected chi connectivity index (χ1v) is 8.10. The molecule has 3 aromatic rings. The molecule has 0 aliphatic heterocycles. The van der Waals surface area contributed by atoms with Crippen LogP contribution < -0.4 is 10.9 Å².